The molecule has 0 fully saturated rings. The predicted octanol–water partition coefficient (Wildman–Crippen LogP) is 1.08. The van der Waals surface area contributed by atoms with Crippen LogP contribution in [-0.2, 0) is 9.59 Å². The number of aliphatic carboxylic acids is 1. The molecule has 0 aromatic carbocycles. The van der Waals surface area contributed by atoms with Gasteiger partial charge >= 0.3 is 5.97 Å². The van der Waals surface area contributed by atoms with E-state index in [0.29, 0.717) is 0 Å². The summed E-state index contributed by atoms with van der Waals surface area (Å²) in [6, 6.07) is 0. The topological polar surface area (TPSA) is 54.4 Å². The van der Waals surface area contributed by atoms with Crippen LogP contribution in [0.1, 0.15) is 6.42 Å². The van der Waals surface area contributed by atoms with E-state index in [4.69, 9.17) is 5.11 Å². The Balaban J connectivity index is 2.61. The minimum Gasteiger partial charge on any atom is -0.481 e. The maximum absolute atomic E-state index is 10.6. The van der Waals surface area contributed by atoms with Gasteiger partial charge in [0.1, 0.15) is 0 Å². The van der Waals surface area contributed by atoms with Crippen molar-refractivity contribution in [2.45, 2.75) is 6.42 Å². The molecular weight excluding hydrogens is 156 g/mol. The molecule has 0 saturated heterocycles. The van der Waals surface area contributed by atoms with Crippen molar-refractivity contribution in [1.29, 1.82) is 0 Å². The molecule has 1 rings (SSSR count). The fourth-order valence-electron chi connectivity index (χ4n) is 0.809. The van der Waals surface area contributed by atoms with Crippen molar-refractivity contribution >= 4 is 11.8 Å². The first-order valence-electron chi connectivity index (χ1n) is 3.50. The molecule has 3 nitrogen and oxygen atoms in total. The van der Waals surface area contributed by atoms with E-state index in [1.54, 1.807) is 18.2 Å². The van der Waals surface area contributed by atoms with Crippen molar-refractivity contribution in [3.05, 3.63) is 36.0 Å². The Bertz CT molecular complexity index is 277. The summed E-state index contributed by atoms with van der Waals surface area (Å²) in [5.74, 6) is -0.941. The van der Waals surface area contributed by atoms with Crippen LogP contribution in [0.5, 0.6) is 0 Å². The average molecular weight is 164 g/mol. The van der Waals surface area contributed by atoms with Crippen LogP contribution in [-0.4, -0.2) is 16.9 Å². The summed E-state index contributed by atoms with van der Waals surface area (Å²) < 4.78 is 0. The third-order valence-electron chi connectivity index (χ3n) is 1.39. The summed E-state index contributed by atoms with van der Waals surface area (Å²) in [6.45, 7) is 0. The lowest BCUT2D eigenvalue weighted by atomic mass is 10.1. The van der Waals surface area contributed by atoms with Crippen molar-refractivity contribution in [2.24, 2.45) is 0 Å². The van der Waals surface area contributed by atoms with Gasteiger partial charge in [0.15, 0.2) is 5.78 Å². The number of carbonyl (C=O) groups is 2. The number of carboxylic acids is 1. The van der Waals surface area contributed by atoms with Gasteiger partial charge < -0.3 is 5.11 Å². The smallest absolute Gasteiger partial charge is 0.307 e. The van der Waals surface area contributed by atoms with Gasteiger partial charge in [0, 0.05) is 0 Å². The molecule has 0 heterocycles. The van der Waals surface area contributed by atoms with Gasteiger partial charge in [-0.1, -0.05) is 18.2 Å². The third-order valence-corrected chi connectivity index (χ3v) is 1.39. The fourth-order valence-corrected chi connectivity index (χ4v) is 0.809. The van der Waals surface area contributed by atoms with E-state index < -0.39 is 5.97 Å². The molecule has 0 atom stereocenters. The lowest BCUT2D eigenvalue weighted by Gasteiger charge is -1.97. The number of carboxylic acid groups (broad SMARTS) is 1. The van der Waals surface area contributed by atoms with Crippen LogP contribution in [0.25, 0.3) is 0 Å². The van der Waals surface area contributed by atoms with Crippen molar-refractivity contribution in [3.8, 4) is 0 Å². The van der Waals surface area contributed by atoms with Crippen LogP contribution in [0, 0.1) is 0 Å². The highest BCUT2D eigenvalue weighted by Crippen LogP contribution is 2.06. The molecule has 0 amide bonds. The number of hydrogen-bond donors (Lipinski definition) is 1. The molecule has 0 radical (unpaired) electrons. The monoisotopic (exact) mass is 164 g/mol. The molecule has 1 N–H and O–H groups in total. The van der Waals surface area contributed by atoms with E-state index in [1.807, 2.05) is 0 Å². The molecule has 0 bridgehead atoms. The second-order valence-electron chi connectivity index (χ2n) is 2.37. The second kappa shape index (κ2) is 3.67. The number of hydrogen-bond acceptors (Lipinski definition) is 2. The molecule has 12 heavy (non-hydrogen) atoms. The van der Waals surface area contributed by atoms with E-state index in [0.717, 1.165) is 5.57 Å². The Morgan fingerprint density at radius 3 is 2.42 bits per heavy atom. The van der Waals surface area contributed by atoms with Crippen molar-refractivity contribution in [3.63, 3.8) is 0 Å². The van der Waals surface area contributed by atoms with Gasteiger partial charge in [-0.15, -0.1) is 0 Å². The van der Waals surface area contributed by atoms with Crippen LogP contribution >= 0.6 is 0 Å². The van der Waals surface area contributed by atoms with Crippen molar-refractivity contribution < 1.29 is 14.7 Å². The van der Waals surface area contributed by atoms with Crippen LogP contribution < -0.4 is 0 Å². The fraction of sp³-hybridized carbons (Fsp3) is 0.111. The number of ketones is 1. The molecule has 0 aliphatic heterocycles. The van der Waals surface area contributed by atoms with Gasteiger partial charge in [-0.25, -0.2) is 0 Å². The highest BCUT2D eigenvalue weighted by molar-refractivity contribution is 6.01. The molecule has 0 spiro atoms. The zero-order valence-electron chi connectivity index (χ0n) is 6.36. The molecule has 3 heteroatoms. The van der Waals surface area contributed by atoms with Gasteiger partial charge in [0.2, 0.25) is 0 Å². The highest BCUT2D eigenvalue weighted by Gasteiger charge is 1.98. The zero-order valence-corrected chi connectivity index (χ0v) is 6.36. The molecule has 0 unspecified atom stereocenters. The number of allylic oxidation sites excluding steroid dienone is 5. The summed E-state index contributed by atoms with van der Waals surface area (Å²) in [6.07, 6.45) is 7.57. The minimum absolute atomic E-state index is 0.0157. The van der Waals surface area contributed by atoms with E-state index >= 15 is 0 Å². The number of rotatable bonds is 2. The largest absolute Gasteiger partial charge is 0.481 e. The van der Waals surface area contributed by atoms with E-state index in [-0.39, 0.29) is 12.2 Å². The van der Waals surface area contributed by atoms with Crippen LogP contribution in [0.3, 0.4) is 0 Å². The first-order chi connectivity index (χ1) is 5.68. The zero-order chi connectivity index (χ0) is 8.97. The molecule has 0 saturated carbocycles. The Morgan fingerprint density at radius 2 is 1.92 bits per heavy atom. The normalized spacial score (nSPS) is 15.0. The van der Waals surface area contributed by atoms with Gasteiger partial charge in [-0.05, 0) is 17.7 Å². The average Bonchev–Trinajstić information content (AvgIpc) is 2.03. The molecule has 1 aliphatic carbocycles. The summed E-state index contributed by atoms with van der Waals surface area (Å²) in [4.78, 5) is 20.8. The summed E-state index contributed by atoms with van der Waals surface area (Å²) in [7, 11) is 0. The lowest BCUT2D eigenvalue weighted by molar-refractivity contribution is -0.136. The van der Waals surface area contributed by atoms with Gasteiger partial charge in [-0.2, -0.15) is 0 Å². The van der Waals surface area contributed by atoms with E-state index in [9.17, 15) is 9.59 Å². The van der Waals surface area contributed by atoms with Crippen LogP contribution in [0.2, 0.25) is 0 Å². The second-order valence-corrected chi connectivity index (χ2v) is 2.37. The minimum atomic E-state index is -0.874. The van der Waals surface area contributed by atoms with Gasteiger partial charge in [0.25, 0.3) is 0 Å². The maximum Gasteiger partial charge on any atom is 0.307 e. The highest BCUT2D eigenvalue weighted by atomic mass is 16.4. The Morgan fingerprint density at radius 1 is 1.33 bits per heavy atom. The van der Waals surface area contributed by atoms with E-state index in [1.165, 1.54) is 12.2 Å². The molecule has 1 aliphatic rings. The summed E-state index contributed by atoms with van der Waals surface area (Å²) in [5, 5.41) is 8.34. The van der Waals surface area contributed by atoms with Crippen molar-refractivity contribution in [1.82, 2.24) is 0 Å². The molecular formula is C9H8O3. The van der Waals surface area contributed by atoms with Gasteiger partial charge in [0.05, 0.1) is 6.42 Å². The van der Waals surface area contributed by atoms with E-state index in [2.05, 4.69) is 0 Å². The summed E-state index contributed by atoms with van der Waals surface area (Å²) in [5.41, 5.74) is 0.761. The molecule has 0 aromatic heterocycles. The van der Waals surface area contributed by atoms with Crippen LogP contribution in [0.15, 0.2) is 36.0 Å². The quantitative estimate of drug-likeness (QED) is 0.664. The third kappa shape index (κ3) is 2.54. The Kier molecular flexibility index (Phi) is 2.58. The first-order valence-corrected chi connectivity index (χ1v) is 3.50. The predicted molar refractivity (Wildman–Crippen MR) is 43.6 cm³/mol. The van der Waals surface area contributed by atoms with Crippen molar-refractivity contribution in [2.75, 3.05) is 0 Å². The standard InChI is InChI=1S/C9H8O3/c10-8-4-1-7(2-5-8)3-6-9(11)12/h1-5H,6H2,(H,11,12). The molecule has 0 aromatic rings. The first kappa shape index (κ1) is 8.46. The summed E-state index contributed by atoms with van der Waals surface area (Å²) >= 11 is 0. The SMILES string of the molecule is O=C1C=CC(=CCC(=O)O)C=C1. The maximum atomic E-state index is 10.6. The lowest BCUT2D eigenvalue weighted by Crippen LogP contribution is -1.94. The Labute approximate surface area is 69.7 Å². The van der Waals surface area contributed by atoms with Crippen LogP contribution in [0.4, 0.5) is 0 Å². The van der Waals surface area contributed by atoms with Gasteiger partial charge in [-0.3, -0.25) is 9.59 Å². The molecule has 62 valence electrons. The number of carbonyl (C=O) groups excluding carboxylic acids is 1. The Hall–Kier alpha value is -1.64.